The number of nitrogens with zero attached hydrogens (tertiary/aromatic N) is 2. The molecule has 100 valence electrons. The molecular formula is C14H23N3O. The van der Waals surface area contributed by atoms with Crippen LogP contribution in [0.4, 0.5) is 0 Å². The maximum absolute atomic E-state index is 11.9. The lowest BCUT2D eigenvalue weighted by atomic mass is 9.89. The highest BCUT2D eigenvalue weighted by Crippen LogP contribution is 2.23. The van der Waals surface area contributed by atoms with Crippen LogP contribution in [0.2, 0.25) is 0 Å². The Labute approximate surface area is 109 Å². The average molecular weight is 249 g/mol. The summed E-state index contributed by atoms with van der Waals surface area (Å²) < 4.78 is 1.98. The van der Waals surface area contributed by atoms with Crippen LogP contribution in [0.25, 0.3) is 0 Å². The molecule has 4 heteroatoms. The number of hydrogen-bond acceptors (Lipinski definition) is 2. The van der Waals surface area contributed by atoms with Crippen molar-refractivity contribution in [3.05, 3.63) is 18.0 Å². The summed E-state index contributed by atoms with van der Waals surface area (Å²) in [5.41, 5.74) is 1.17. The molecule has 1 aliphatic carbocycles. The molecule has 1 amide bonds. The normalized spacial score (nSPS) is 16.7. The third kappa shape index (κ3) is 3.59. The first-order valence-corrected chi connectivity index (χ1v) is 7.03. The van der Waals surface area contributed by atoms with Crippen molar-refractivity contribution < 1.29 is 4.79 Å². The van der Waals surface area contributed by atoms with Crippen LogP contribution in [-0.4, -0.2) is 22.2 Å². The van der Waals surface area contributed by atoms with Gasteiger partial charge < -0.3 is 5.32 Å². The van der Waals surface area contributed by atoms with Crippen LogP contribution in [0.15, 0.2) is 12.3 Å². The molecule has 0 saturated heterocycles. The fourth-order valence-corrected chi connectivity index (χ4v) is 2.58. The molecule has 0 radical (unpaired) electrons. The molecule has 4 nitrogen and oxygen atoms in total. The molecule has 0 bridgehead atoms. The number of amides is 1. The molecule has 1 aliphatic rings. The minimum Gasteiger partial charge on any atom is -0.356 e. The quantitative estimate of drug-likeness (QED) is 0.814. The minimum absolute atomic E-state index is 0.256. The second-order valence-electron chi connectivity index (χ2n) is 5.18. The van der Waals surface area contributed by atoms with E-state index in [1.807, 2.05) is 23.9 Å². The largest absolute Gasteiger partial charge is 0.356 e. The van der Waals surface area contributed by atoms with Crippen molar-refractivity contribution in [2.45, 2.75) is 52.0 Å². The predicted octanol–water partition coefficient (Wildman–Crippen LogP) is 2.28. The summed E-state index contributed by atoms with van der Waals surface area (Å²) in [5, 5.41) is 7.28. The van der Waals surface area contributed by atoms with Gasteiger partial charge in [0.05, 0.1) is 0 Å². The number of aromatic nitrogens is 2. The number of nitrogens with one attached hydrogen (secondary N) is 1. The molecule has 0 unspecified atom stereocenters. The van der Waals surface area contributed by atoms with Gasteiger partial charge in [-0.05, 0) is 32.3 Å². The number of carbonyl (C=O) groups excluding carboxylic acids is 1. The second kappa shape index (κ2) is 6.57. The van der Waals surface area contributed by atoms with Gasteiger partial charge in [0, 0.05) is 30.9 Å². The van der Waals surface area contributed by atoms with E-state index in [0.29, 0.717) is 0 Å². The van der Waals surface area contributed by atoms with E-state index in [1.165, 1.54) is 25.0 Å². The standard InChI is InChI=1S/C14H23N3O/c1-12-8-10-16-17(12)11-5-9-15-14(18)13-6-3-2-4-7-13/h8,10,13H,2-7,9,11H2,1H3,(H,15,18). The zero-order valence-corrected chi connectivity index (χ0v) is 11.2. The van der Waals surface area contributed by atoms with Crippen LogP contribution >= 0.6 is 0 Å². The molecule has 1 saturated carbocycles. The topological polar surface area (TPSA) is 46.9 Å². The second-order valence-corrected chi connectivity index (χ2v) is 5.18. The molecule has 1 aromatic rings. The molecule has 18 heavy (non-hydrogen) atoms. The van der Waals surface area contributed by atoms with Gasteiger partial charge in [0.2, 0.25) is 5.91 Å². The van der Waals surface area contributed by atoms with Gasteiger partial charge in [0.25, 0.3) is 0 Å². The van der Waals surface area contributed by atoms with Crippen LogP contribution in [-0.2, 0) is 11.3 Å². The smallest absolute Gasteiger partial charge is 0.223 e. The first-order chi connectivity index (χ1) is 8.77. The van der Waals surface area contributed by atoms with E-state index in [9.17, 15) is 4.79 Å². The highest BCUT2D eigenvalue weighted by Gasteiger charge is 2.20. The van der Waals surface area contributed by atoms with Gasteiger partial charge in [-0.1, -0.05) is 19.3 Å². The lowest BCUT2D eigenvalue weighted by Crippen LogP contribution is -2.33. The fraction of sp³-hybridized carbons (Fsp3) is 0.714. The van der Waals surface area contributed by atoms with Crippen molar-refractivity contribution in [3.63, 3.8) is 0 Å². The minimum atomic E-state index is 0.256. The Kier molecular flexibility index (Phi) is 4.79. The van der Waals surface area contributed by atoms with Crippen LogP contribution in [0.1, 0.15) is 44.2 Å². The van der Waals surface area contributed by atoms with Crippen LogP contribution in [0.5, 0.6) is 0 Å². The van der Waals surface area contributed by atoms with E-state index >= 15 is 0 Å². The molecule has 0 aromatic carbocycles. The molecule has 0 aliphatic heterocycles. The summed E-state index contributed by atoms with van der Waals surface area (Å²) in [6.45, 7) is 3.69. The monoisotopic (exact) mass is 249 g/mol. The van der Waals surface area contributed by atoms with E-state index in [1.54, 1.807) is 0 Å². The Hall–Kier alpha value is -1.32. The van der Waals surface area contributed by atoms with Crippen LogP contribution in [0.3, 0.4) is 0 Å². The third-order valence-electron chi connectivity index (χ3n) is 3.75. The molecular weight excluding hydrogens is 226 g/mol. The fourth-order valence-electron chi connectivity index (χ4n) is 2.58. The number of rotatable bonds is 5. The molecule has 2 rings (SSSR count). The summed E-state index contributed by atoms with van der Waals surface area (Å²) in [7, 11) is 0. The Morgan fingerprint density at radius 2 is 2.22 bits per heavy atom. The van der Waals surface area contributed by atoms with Crippen LogP contribution < -0.4 is 5.32 Å². The van der Waals surface area contributed by atoms with Gasteiger partial charge in [-0.15, -0.1) is 0 Å². The van der Waals surface area contributed by atoms with Gasteiger partial charge in [-0.25, -0.2) is 0 Å². The molecule has 1 heterocycles. The Bertz CT molecular complexity index is 380. The van der Waals surface area contributed by atoms with E-state index in [4.69, 9.17) is 0 Å². The SMILES string of the molecule is Cc1ccnn1CCCNC(=O)C1CCCCC1. The van der Waals surface area contributed by atoms with E-state index in [2.05, 4.69) is 10.4 Å². The summed E-state index contributed by atoms with van der Waals surface area (Å²) in [4.78, 5) is 11.9. The van der Waals surface area contributed by atoms with Crippen molar-refractivity contribution in [1.82, 2.24) is 15.1 Å². The lowest BCUT2D eigenvalue weighted by molar-refractivity contribution is -0.125. The van der Waals surface area contributed by atoms with E-state index in [0.717, 1.165) is 32.4 Å². The van der Waals surface area contributed by atoms with E-state index in [-0.39, 0.29) is 11.8 Å². The first kappa shape index (κ1) is 13.1. The number of hydrogen-bond donors (Lipinski definition) is 1. The zero-order valence-electron chi connectivity index (χ0n) is 11.2. The number of carbonyl (C=O) groups is 1. The van der Waals surface area contributed by atoms with Crippen molar-refractivity contribution in [1.29, 1.82) is 0 Å². The van der Waals surface area contributed by atoms with Crippen LogP contribution in [0, 0.1) is 12.8 Å². The molecule has 0 spiro atoms. The maximum Gasteiger partial charge on any atom is 0.223 e. The molecule has 1 aromatic heterocycles. The third-order valence-corrected chi connectivity index (χ3v) is 3.75. The van der Waals surface area contributed by atoms with E-state index < -0.39 is 0 Å². The summed E-state index contributed by atoms with van der Waals surface area (Å²) in [6, 6.07) is 2.00. The number of aryl methyl sites for hydroxylation is 2. The first-order valence-electron chi connectivity index (χ1n) is 7.03. The Balaban J connectivity index is 1.63. The maximum atomic E-state index is 11.9. The van der Waals surface area contributed by atoms with Gasteiger partial charge >= 0.3 is 0 Å². The Morgan fingerprint density at radius 1 is 1.44 bits per heavy atom. The highest BCUT2D eigenvalue weighted by molar-refractivity contribution is 5.78. The lowest BCUT2D eigenvalue weighted by Gasteiger charge is -2.20. The van der Waals surface area contributed by atoms with Gasteiger partial charge in [0.1, 0.15) is 0 Å². The van der Waals surface area contributed by atoms with Gasteiger partial charge in [0.15, 0.2) is 0 Å². The molecule has 0 atom stereocenters. The molecule has 1 fully saturated rings. The van der Waals surface area contributed by atoms with Crippen molar-refractivity contribution in [3.8, 4) is 0 Å². The summed E-state index contributed by atoms with van der Waals surface area (Å²) >= 11 is 0. The van der Waals surface area contributed by atoms with Gasteiger partial charge in [-0.3, -0.25) is 9.48 Å². The van der Waals surface area contributed by atoms with Gasteiger partial charge in [-0.2, -0.15) is 5.10 Å². The van der Waals surface area contributed by atoms with Crippen molar-refractivity contribution in [2.75, 3.05) is 6.54 Å². The average Bonchev–Trinajstić information content (AvgIpc) is 2.81. The predicted molar refractivity (Wildman–Crippen MR) is 71.2 cm³/mol. The summed E-state index contributed by atoms with van der Waals surface area (Å²) in [6.07, 6.45) is 8.63. The zero-order chi connectivity index (χ0) is 12.8. The van der Waals surface area contributed by atoms with Crippen molar-refractivity contribution in [2.24, 2.45) is 5.92 Å². The molecule has 1 N–H and O–H groups in total. The summed E-state index contributed by atoms with van der Waals surface area (Å²) in [5.74, 6) is 0.525. The van der Waals surface area contributed by atoms with Crippen molar-refractivity contribution >= 4 is 5.91 Å². The highest BCUT2D eigenvalue weighted by atomic mass is 16.1. The Morgan fingerprint density at radius 3 is 2.89 bits per heavy atom.